The fourth-order valence-electron chi connectivity index (χ4n) is 1.97. The zero-order valence-electron chi connectivity index (χ0n) is 10.4. The van der Waals surface area contributed by atoms with Crippen LogP contribution in [0.3, 0.4) is 0 Å². The first-order valence-electron chi connectivity index (χ1n) is 5.69. The molecule has 1 unspecified atom stereocenters. The van der Waals surface area contributed by atoms with Gasteiger partial charge in [0.05, 0.1) is 19.8 Å². The van der Waals surface area contributed by atoms with Gasteiger partial charge in [-0.25, -0.2) is 9.97 Å². The Morgan fingerprint density at radius 3 is 3.00 bits per heavy atom. The minimum Gasteiger partial charge on any atom is -0.490 e. The first kappa shape index (κ1) is 11.9. The van der Waals surface area contributed by atoms with Crippen molar-refractivity contribution < 1.29 is 9.47 Å². The second-order valence-corrected chi connectivity index (χ2v) is 3.96. The van der Waals surface area contributed by atoms with Crippen molar-refractivity contribution in [3.63, 3.8) is 0 Å². The number of rotatable bonds is 3. The number of hydrogen-bond acceptors (Lipinski definition) is 6. The average Bonchev–Trinajstić information content (AvgIpc) is 2.37. The van der Waals surface area contributed by atoms with Gasteiger partial charge in [0.1, 0.15) is 6.33 Å². The summed E-state index contributed by atoms with van der Waals surface area (Å²) in [6, 6.07) is 0. The highest BCUT2D eigenvalue weighted by Gasteiger charge is 2.22. The Hall–Kier alpha value is -1.56. The van der Waals surface area contributed by atoms with Crippen molar-refractivity contribution in [3.05, 3.63) is 6.33 Å². The molecule has 1 aromatic rings. The van der Waals surface area contributed by atoms with Crippen LogP contribution in [0, 0.1) is 0 Å². The summed E-state index contributed by atoms with van der Waals surface area (Å²) in [4.78, 5) is 10.6. The van der Waals surface area contributed by atoms with Gasteiger partial charge in [-0.05, 0) is 6.92 Å². The second-order valence-electron chi connectivity index (χ2n) is 3.96. The Kier molecular flexibility index (Phi) is 3.63. The van der Waals surface area contributed by atoms with Crippen molar-refractivity contribution in [2.75, 3.05) is 44.1 Å². The summed E-state index contributed by atoms with van der Waals surface area (Å²) in [5, 5.41) is 3.00. The van der Waals surface area contributed by atoms with Crippen LogP contribution in [0.1, 0.15) is 6.92 Å². The molecule has 1 N–H and O–H groups in total. The molecular formula is C11H18N4O2. The molecule has 94 valence electrons. The topological polar surface area (TPSA) is 59.5 Å². The van der Waals surface area contributed by atoms with E-state index in [0.717, 1.165) is 18.9 Å². The molecule has 1 aliphatic rings. The molecule has 1 aliphatic heterocycles. The van der Waals surface area contributed by atoms with Crippen LogP contribution in [0.15, 0.2) is 6.33 Å². The zero-order valence-corrected chi connectivity index (χ0v) is 10.4. The minimum atomic E-state index is 0.210. The summed E-state index contributed by atoms with van der Waals surface area (Å²) in [6.07, 6.45) is 1.76. The van der Waals surface area contributed by atoms with Crippen LogP contribution in [-0.4, -0.2) is 49.9 Å². The van der Waals surface area contributed by atoms with Gasteiger partial charge >= 0.3 is 0 Å². The normalized spacial score (nSPS) is 20.2. The Bertz CT molecular complexity index is 386. The minimum absolute atomic E-state index is 0.210. The van der Waals surface area contributed by atoms with E-state index in [1.54, 1.807) is 13.4 Å². The summed E-state index contributed by atoms with van der Waals surface area (Å²) in [6.45, 7) is 4.40. The molecule has 6 heteroatoms. The van der Waals surface area contributed by atoms with Crippen molar-refractivity contribution in [3.8, 4) is 5.75 Å². The smallest absolute Gasteiger partial charge is 0.204 e. The van der Waals surface area contributed by atoms with Crippen molar-refractivity contribution in [1.82, 2.24) is 9.97 Å². The molecule has 1 fully saturated rings. The van der Waals surface area contributed by atoms with E-state index in [4.69, 9.17) is 9.47 Å². The molecule has 6 nitrogen and oxygen atoms in total. The highest BCUT2D eigenvalue weighted by molar-refractivity contribution is 5.64. The van der Waals surface area contributed by atoms with Crippen LogP contribution in [0.2, 0.25) is 0 Å². The van der Waals surface area contributed by atoms with E-state index in [2.05, 4.69) is 27.1 Å². The van der Waals surface area contributed by atoms with E-state index in [9.17, 15) is 0 Å². The zero-order chi connectivity index (χ0) is 12.3. The maximum absolute atomic E-state index is 5.52. The average molecular weight is 238 g/mol. The van der Waals surface area contributed by atoms with Gasteiger partial charge in [0.25, 0.3) is 0 Å². The van der Waals surface area contributed by atoms with E-state index in [0.29, 0.717) is 18.2 Å². The molecule has 1 saturated heterocycles. The first-order valence-corrected chi connectivity index (χ1v) is 5.69. The summed E-state index contributed by atoms with van der Waals surface area (Å²) in [5.74, 6) is 2.21. The summed E-state index contributed by atoms with van der Waals surface area (Å²) >= 11 is 0. The number of nitrogens with one attached hydrogen (secondary N) is 1. The van der Waals surface area contributed by atoms with Crippen molar-refractivity contribution >= 4 is 11.6 Å². The third-order valence-corrected chi connectivity index (χ3v) is 2.77. The van der Waals surface area contributed by atoms with Gasteiger partial charge in [0, 0.05) is 20.1 Å². The van der Waals surface area contributed by atoms with Gasteiger partial charge in [0.2, 0.25) is 5.75 Å². The number of aromatic nitrogens is 2. The highest BCUT2D eigenvalue weighted by atomic mass is 16.5. The molecule has 0 aliphatic carbocycles. The lowest BCUT2D eigenvalue weighted by atomic mass is 10.3. The lowest BCUT2D eigenvalue weighted by Gasteiger charge is -2.32. The number of morpholine rings is 1. The van der Waals surface area contributed by atoms with Crippen LogP contribution in [0.5, 0.6) is 5.75 Å². The van der Waals surface area contributed by atoms with E-state index >= 15 is 0 Å². The maximum Gasteiger partial charge on any atom is 0.204 e. The molecule has 1 atom stereocenters. The summed E-state index contributed by atoms with van der Waals surface area (Å²) in [5.41, 5.74) is 0. The van der Waals surface area contributed by atoms with E-state index in [1.165, 1.54) is 0 Å². The predicted octanol–water partition coefficient (Wildman–Crippen LogP) is 0.752. The predicted molar refractivity (Wildman–Crippen MR) is 65.8 cm³/mol. The first-order chi connectivity index (χ1) is 8.26. The van der Waals surface area contributed by atoms with Crippen LogP contribution < -0.4 is 15.0 Å². The quantitative estimate of drug-likeness (QED) is 0.838. The van der Waals surface area contributed by atoms with Crippen LogP contribution in [-0.2, 0) is 4.74 Å². The molecule has 0 spiro atoms. The van der Waals surface area contributed by atoms with Crippen molar-refractivity contribution in [2.45, 2.75) is 13.0 Å². The lowest BCUT2D eigenvalue weighted by Crippen LogP contribution is -2.41. The number of nitrogens with zero attached hydrogens (tertiary/aromatic N) is 3. The van der Waals surface area contributed by atoms with Crippen molar-refractivity contribution in [2.24, 2.45) is 0 Å². The Balaban J connectivity index is 2.30. The third kappa shape index (κ3) is 2.41. The van der Waals surface area contributed by atoms with E-state index in [1.807, 2.05) is 7.05 Å². The van der Waals surface area contributed by atoms with Gasteiger partial charge in [-0.2, -0.15) is 0 Å². The SMILES string of the molecule is CNc1ncnc(N2CCOC(C)C2)c1OC. The standard InChI is InChI=1S/C11H18N4O2/c1-8-6-15(4-5-17-8)11-9(16-3)10(12-2)13-7-14-11/h7-8H,4-6H2,1-3H3,(H,12,13,14). The van der Waals surface area contributed by atoms with Gasteiger partial charge in [-0.15, -0.1) is 0 Å². The number of anilines is 2. The molecule has 2 rings (SSSR count). The third-order valence-electron chi connectivity index (χ3n) is 2.77. The Morgan fingerprint density at radius 1 is 1.53 bits per heavy atom. The molecule has 1 aromatic heterocycles. The van der Waals surface area contributed by atoms with Crippen LogP contribution in [0.25, 0.3) is 0 Å². The summed E-state index contributed by atoms with van der Waals surface area (Å²) < 4.78 is 10.9. The summed E-state index contributed by atoms with van der Waals surface area (Å²) in [7, 11) is 3.45. The van der Waals surface area contributed by atoms with Crippen LogP contribution >= 0.6 is 0 Å². The monoisotopic (exact) mass is 238 g/mol. The van der Waals surface area contributed by atoms with Gasteiger partial charge in [-0.1, -0.05) is 0 Å². The van der Waals surface area contributed by atoms with Crippen LogP contribution in [0.4, 0.5) is 11.6 Å². The largest absolute Gasteiger partial charge is 0.490 e. The van der Waals surface area contributed by atoms with Gasteiger partial charge in [-0.3, -0.25) is 0 Å². The Labute approximate surface area is 101 Å². The second kappa shape index (κ2) is 5.18. The molecule has 2 heterocycles. The fourth-order valence-corrected chi connectivity index (χ4v) is 1.97. The number of ether oxygens (including phenoxy) is 2. The molecule has 0 saturated carbocycles. The number of methoxy groups -OCH3 is 1. The highest BCUT2D eigenvalue weighted by Crippen LogP contribution is 2.32. The molecule has 0 amide bonds. The molecule has 17 heavy (non-hydrogen) atoms. The number of hydrogen-bond donors (Lipinski definition) is 1. The fraction of sp³-hybridized carbons (Fsp3) is 0.636. The van der Waals surface area contributed by atoms with Gasteiger partial charge < -0.3 is 19.7 Å². The van der Waals surface area contributed by atoms with E-state index in [-0.39, 0.29) is 6.10 Å². The Morgan fingerprint density at radius 2 is 2.35 bits per heavy atom. The van der Waals surface area contributed by atoms with E-state index < -0.39 is 0 Å². The van der Waals surface area contributed by atoms with Gasteiger partial charge in [0.15, 0.2) is 11.6 Å². The molecule has 0 radical (unpaired) electrons. The molecule has 0 bridgehead atoms. The van der Waals surface area contributed by atoms with Crippen molar-refractivity contribution in [1.29, 1.82) is 0 Å². The maximum atomic E-state index is 5.52. The molecular weight excluding hydrogens is 220 g/mol. The molecule has 0 aromatic carbocycles. The lowest BCUT2D eigenvalue weighted by molar-refractivity contribution is 0.0527.